The number of aromatic hydroxyl groups is 1. The summed E-state index contributed by atoms with van der Waals surface area (Å²) < 4.78 is 12.7. The zero-order valence-electron chi connectivity index (χ0n) is 15.3. The summed E-state index contributed by atoms with van der Waals surface area (Å²) in [4.78, 5) is 0. The highest BCUT2D eigenvalue weighted by atomic mass is 16.5. The van der Waals surface area contributed by atoms with Gasteiger partial charge >= 0.3 is 0 Å². The molecule has 0 unspecified atom stereocenters. The second-order valence-corrected chi connectivity index (χ2v) is 6.68. The normalized spacial score (nSPS) is 15.6. The second kappa shape index (κ2) is 6.28. The number of hydrogen-bond acceptors (Lipinski definition) is 3. The van der Waals surface area contributed by atoms with Gasteiger partial charge in [0.25, 0.3) is 0 Å². The maximum Gasteiger partial charge on any atom is 0.209 e. The van der Waals surface area contributed by atoms with Gasteiger partial charge in [0, 0.05) is 23.3 Å². The van der Waals surface area contributed by atoms with Crippen LogP contribution in [-0.4, -0.2) is 36.7 Å². The summed E-state index contributed by atoms with van der Waals surface area (Å²) in [5.74, 6) is 1.48. The Labute approximate surface area is 148 Å². The summed E-state index contributed by atoms with van der Waals surface area (Å²) in [5, 5.41) is 10.3. The average Bonchev–Trinajstić information content (AvgIpc) is 2.80. The molecule has 1 N–H and O–H groups in total. The third-order valence-electron chi connectivity index (χ3n) is 4.91. The maximum atomic E-state index is 10.3. The lowest BCUT2D eigenvalue weighted by atomic mass is 9.81. The fourth-order valence-corrected chi connectivity index (χ4v) is 3.45. The minimum atomic E-state index is -0.163. The van der Waals surface area contributed by atoms with E-state index in [4.69, 9.17) is 9.47 Å². The zero-order chi connectivity index (χ0) is 18.2. The smallest absolute Gasteiger partial charge is 0.209 e. The Kier molecular flexibility index (Phi) is 4.29. The average molecular weight is 338 g/mol. The second-order valence-electron chi connectivity index (χ2n) is 6.68. The van der Waals surface area contributed by atoms with E-state index in [0.29, 0.717) is 5.75 Å². The van der Waals surface area contributed by atoms with Gasteiger partial charge in [-0.05, 0) is 38.1 Å². The molecule has 2 aromatic carbocycles. The first kappa shape index (κ1) is 17.1. The highest BCUT2D eigenvalue weighted by Gasteiger charge is 2.43. The molecule has 4 heteroatoms. The van der Waals surface area contributed by atoms with Crippen molar-refractivity contribution in [2.45, 2.75) is 19.3 Å². The number of ether oxygens (including phenoxy) is 2. The molecule has 0 saturated carbocycles. The predicted octanol–water partition coefficient (Wildman–Crippen LogP) is 4.13. The third-order valence-corrected chi connectivity index (χ3v) is 4.91. The van der Waals surface area contributed by atoms with Gasteiger partial charge in [-0.1, -0.05) is 12.1 Å². The molecule has 0 radical (unpaired) electrons. The topological polar surface area (TPSA) is 41.7 Å². The number of benzene rings is 2. The summed E-state index contributed by atoms with van der Waals surface area (Å²) in [6, 6.07) is 11.6. The largest absolute Gasteiger partial charge is 0.504 e. The molecule has 4 nitrogen and oxygen atoms in total. The van der Waals surface area contributed by atoms with E-state index in [-0.39, 0.29) is 11.2 Å². The van der Waals surface area contributed by atoms with Crippen LogP contribution in [0.3, 0.4) is 0 Å². The van der Waals surface area contributed by atoms with Crippen molar-refractivity contribution in [2.75, 3.05) is 21.3 Å². The van der Waals surface area contributed by atoms with Crippen molar-refractivity contribution in [2.24, 2.45) is 0 Å². The van der Waals surface area contributed by atoms with Gasteiger partial charge in [0.1, 0.15) is 12.8 Å². The molecule has 0 spiro atoms. The molecule has 0 saturated heterocycles. The lowest BCUT2D eigenvalue weighted by Gasteiger charge is -2.16. The van der Waals surface area contributed by atoms with E-state index in [1.807, 2.05) is 24.3 Å². The van der Waals surface area contributed by atoms with E-state index in [0.717, 1.165) is 17.0 Å². The first-order valence-electron chi connectivity index (χ1n) is 8.24. The number of phenols is 1. The van der Waals surface area contributed by atoms with Crippen molar-refractivity contribution in [3.8, 4) is 17.2 Å². The zero-order valence-corrected chi connectivity index (χ0v) is 15.3. The molecule has 130 valence electrons. The van der Waals surface area contributed by atoms with Gasteiger partial charge in [0.2, 0.25) is 5.69 Å². The molecule has 25 heavy (non-hydrogen) atoms. The number of nitrogens with zero attached hydrogens (tertiary/aromatic N) is 1. The van der Waals surface area contributed by atoms with Crippen LogP contribution < -0.4 is 9.47 Å². The number of rotatable bonds is 4. The summed E-state index contributed by atoms with van der Waals surface area (Å²) in [7, 11) is 5.30. The first-order valence-corrected chi connectivity index (χ1v) is 8.24. The van der Waals surface area contributed by atoms with E-state index in [9.17, 15) is 5.11 Å². The van der Waals surface area contributed by atoms with Gasteiger partial charge in [-0.15, -0.1) is 0 Å². The molecule has 0 atom stereocenters. The molecular weight excluding hydrogens is 314 g/mol. The van der Waals surface area contributed by atoms with Crippen molar-refractivity contribution in [3.63, 3.8) is 0 Å². The van der Waals surface area contributed by atoms with E-state index >= 15 is 0 Å². The quantitative estimate of drug-likeness (QED) is 0.852. The molecule has 0 aliphatic carbocycles. The Bertz CT molecular complexity index is 879. The van der Waals surface area contributed by atoms with Gasteiger partial charge in [0.05, 0.1) is 19.6 Å². The minimum Gasteiger partial charge on any atom is -0.504 e. The van der Waals surface area contributed by atoms with Crippen molar-refractivity contribution in [1.29, 1.82) is 0 Å². The molecule has 0 fully saturated rings. The number of fused-ring (bicyclic) bond motifs is 1. The predicted molar refractivity (Wildman–Crippen MR) is 101 cm³/mol. The van der Waals surface area contributed by atoms with Crippen molar-refractivity contribution in [3.05, 3.63) is 53.6 Å². The van der Waals surface area contributed by atoms with Crippen LogP contribution in [0.5, 0.6) is 17.2 Å². The first-order chi connectivity index (χ1) is 11.9. The maximum absolute atomic E-state index is 10.3. The van der Waals surface area contributed by atoms with Gasteiger partial charge in [-0.2, -0.15) is 4.58 Å². The Morgan fingerprint density at radius 2 is 1.80 bits per heavy atom. The summed E-state index contributed by atoms with van der Waals surface area (Å²) >= 11 is 0. The third kappa shape index (κ3) is 2.78. The molecular formula is C21H24NO3+. The minimum absolute atomic E-state index is 0.152. The molecule has 0 amide bonds. The highest BCUT2D eigenvalue weighted by Crippen LogP contribution is 2.41. The van der Waals surface area contributed by atoms with Crippen molar-refractivity contribution < 1.29 is 19.2 Å². The van der Waals surface area contributed by atoms with Crippen LogP contribution >= 0.6 is 0 Å². The highest BCUT2D eigenvalue weighted by molar-refractivity contribution is 6.05. The van der Waals surface area contributed by atoms with E-state index < -0.39 is 0 Å². The number of hydrogen-bond donors (Lipinski definition) is 1. The molecule has 2 aromatic rings. The lowest BCUT2D eigenvalue weighted by Crippen LogP contribution is -2.26. The van der Waals surface area contributed by atoms with Gasteiger partial charge in [0.15, 0.2) is 17.2 Å². The monoisotopic (exact) mass is 338 g/mol. The Morgan fingerprint density at radius 3 is 2.48 bits per heavy atom. The van der Waals surface area contributed by atoms with Crippen LogP contribution in [0.2, 0.25) is 0 Å². The van der Waals surface area contributed by atoms with Crippen LogP contribution in [0.25, 0.3) is 6.08 Å². The van der Waals surface area contributed by atoms with Crippen LogP contribution in [-0.2, 0) is 5.41 Å². The number of allylic oxidation sites excluding steroid dienone is 1. The molecule has 0 bridgehead atoms. The van der Waals surface area contributed by atoms with Crippen molar-refractivity contribution in [1.82, 2.24) is 0 Å². The van der Waals surface area contributed by atoms with Gasteiger partial charge < -0.3 is 14.6 Å². The molecule has 1 heterocycles. The van der Waals surface area contributed by atoms with E-state index in [2.05, 4.69) is 43.7 Å². The van der Waals surface area contributed by atoms with Crippen LogP contribution in [0, 0.1) is 0 Å². The molecule has 3 rings (SSSR count). The van der Waals surface area contributed by atoms with Gasteiger partial charge in [-0.3, -0.25) is 0 Å². The van der Waals surface area contributed by atoms with E-state index in [1.54, 1.807) is 20.3 Å². The Morgan fingerprint density at radius 1 is 1.04 bits per heavy atom. The lowest BCUT2D eigenvalue weighted by molar-refractivity contribution is -0.401. The number of methoxy groups -OCH3 is 2. The Hall–Kier alpha value is -2.75. The van der Waals surface area contributed by atoms with Crippen LogP contribution in [0.4, 0.5) is 5.69 Å². The fraction of sp³-hybridized carbons (Fsp3) is 0.286. The van der Waals surface area contributed by atoms with Crippen LogP contribution in [0.15, 0.2) is 42.5 Å². The fourth-order valence-electron chi connectivity index (χ4n) is 3.45. The molecule has 1 aliphatic rings. The Balaban J connectivity index is 2.02. The van der Waals surface area contributed by atoms with E-state index in [1.165, 1.54) is 11.3 Å². The summed E-state index contributed by atoms with van der Waals surface area (Å²) in [6.07, 6.45) is 3.98. The standard InChI is InChI=1S/C21H23NO3/c1-21(2)16-13-15(24-4)10-11-17(16)22(3)19(21)12-9-14-7-6-8-18(25-5)20(14)23/h6-13H,1-5H3/p+1. The molecule has 1 aliphatic heterocycles. The van der Waals surface area contributed by atoms with Crippen LogP contribution in [0.1, 0.15) is 25.0 Å². The SMILES string of the molecule is COc1ccc2c(c1)C(C)(C)C(/C=C/c1cccc(OC)c1O)=[N+]2C. The number of phenolic OH excluding ortho intramolecular Hbond substituents is 1. The molecule has 0 aromatic heterocycles. The van der Waals surface area contributed by atoms with Crippen molar-refractivity contribution >= 4 is 17.5 Å². The number of para-hydroxylation sites is 1. The summed E-state index contributed by atoms with van der Waals surface area (Å²) in [5.41, 5.74) is 4.11. The summed E-state index contributed by atoms with van der Waals surface area (Å²) in [6.45, 7) is 4.39. The van der Waals surface area contributed by atoms with Gasteiger partial charge in [-0.25, -0.2) is 0 Å².